The molecule has 4 nitrogen and oxygen atoms in total. The van der Waals surface area contributed by atoms with Gasteiger partial charge in [-0.25, -0.2) is 0 Å². The molecule has 0 aromatic heterocycles. The van der Waals surface area contributed by atoms with Gasteiger partial charge in [-0.05, 0) is 55.5 Å². The van der Waals surface area contributed by atoms with Crippen molar-refractivity contribution in [3.8, 4) is 11.5 Å². The van der Waals surface area contributed by atoms with E-state index in [1.54, 1.807) is 24.3 Å². The van der Waals surface area contributed by atoms with Crippen LogP contribution in [0.15, 0.2) is 48.5 Å². The van der Waals surface area contributed by atoms with E-state index in [2.05, 4.69) is 18.3 Å². The third-order valence-corrected chi connectivity index (χ3v) is 4.33. The number of ether oxygens (including phenoxy) is 2. The van der Waals surface area contributed by atoms with Crippen LogP contribution in [0.2, 0.25) is 5.02 Å². The van der Waals surface area contributed by atoms with E-state index in [9.17, 15) is 4.79 Å². The molecule has 0 saturated heterocycles. The van der Waals surface area contributed by atoms with Gasteiger partial charge in [0.15, 0.2) is 6.10 Å². The van der Waals surface area contributed by atoms with Crippen molar-refractivity contribution in [2.45, 2.75) is 45.6 Å². The van der Waals surface area contributed by atoms with Crippen molar-refractivity contribution in [1.29, 1.82) is 0 Å². The fourth-order valence-electron chi connectivity index (χ4n) is 2.69. The van der Waals surface area contributed by atoms with Crippen LogP contribution in [-0.2, 0) is 11.2 Å². The summed E-state index contributed by atoms with van der Waals surface area (Å²) in [7, 11) is 0. The Labute approximate surface area is 166 Å². The standard InChI is InChI=1S/C22H28ClNO3/c1-3-15-26-21-13-6-5-9-17(21)10-8-14-24-22(25)20(4-2)27-19-12-7-11-18(23)16-19/h5-7,9,11-13,16,20H,3-4,8,10,14-15H2,1-2H3,(H,24,25). The number of amides is 1. The number of hydrogen-bond acceptors (Lipinski definition) is 3. The second-order valence-electron chi connectivity index (χ2n) is 6.32. The van der Waals surface area contributed by atoms with E-state index < -0.39 is 6.10 Å². The zero-order chi connectivity index (χ0) is 19.5. The Morgan fingerprint density at radius 2 is 1.96 bits per heavy atom. The number of rotatable bonds is 11. The van der Waals surface area contributed by atoms with E-state index in [-0.39, 0.29) is 5.91 Å². The minimum atomic E-state index is -0.524. The molecule has 27 heavy (non-hydrogen) atoms. The molecule has 0 spiro atoms. The zero-order valence-electron chi connectivity index (χ0n) is 16.0. The fourth-order valence-corrected chi connectivity index (χ4v) is 2.87. The number of halogens is 1. The quantitative estimate of drug-likeness (QED) is 0.548. The van der Waals surface area contributed by atoms with Gasteiger partial charge in [-0.1, -0.05) is 49.7 Å². The van der Waals surface area contributed by atoms with Gasteiger partial charge in [0.1, 0.15) is 11.5 Å². The van der Waals surface area contributed by atoms with Crippen LogP contribution in [0.3, 0.4) is 0 Å². The lowest BCUT2D eigenvalue weighted by Crippen LogP contribution is -2.38. The van der Waals surface area contributed by atoms with Crippen molar-refractivity contribution >= 4 is 17.5 Å². The van der Waals surface area contributed by atoms with Crippen LogP contribution in [0.5, 0.6) is 11.5 Å². The highest BCUT2D eigenvalue weighted by atomic mass is 35.5. The van der Waals surface area contributed by atoms with Gasteiger partial charge in [0.2, 0.25) is 0 Å². The lowest BCUT2D eigenvalue weighted by Gasteiger charge is -2.17. The summed E-state index contributed by atoms with van der Waals surface area (Å²) in [6, 6.07) is 15.2. The Balaban J connectivity index is 1.79. The summed E-state index contributed by atoms with van der Waals surface area (Å²) in [5, 5.41) is 3.55. The molecule has 2 aromatic carbocycles. The van der Waals surface area contributed by atoms with Crippen LogP contribution in [0.4, 0.5) is 0 Å². The lowest BCUT2D eigenvalue weighted by atomic mass is 10.1. The first-order valence-electron chi connectivity index (χ1n) is 9.54. The molecular weight excluding hydrogens is 362 g/mol. The normalized spacial score (nSPS) is 11.7. The van der Waals surface area contributed by atoms with E-state index in [4.69, 9.17) is 21.1 Å². The van der Waals surface area contributed by atoms with Crippen molar-refractivity contribution in [3.05, 3.63) is 59.1 Å². The Bertz CT molecular complexity index is 720. The van der Waals surface area contributed by atoms with Crippen molar-refractivity contribution in [1.82, 2.24) is 5.32 Å². The van der Waals surface area contributed by atoms with Crippen LogP contribution in [0, 0.1) is 0 Å². The van der Waals surface area contributed by atoms with Crippen LogP contribution in [0.1, 0.15) is 38.7 Å². The second kappa shape index (κ2) is 11.5. The molecule has 1 unspecified atom stereocenters. The molecule has 0 aliphatic carbocycles. The first kappa shape index (κ1) is 21.1. The van der Waals surface area contributed by atoms with Crippen LogP contribution < -0.4 is 14.8 Å². The molecule has 0 aliphatic heterocycles. The van der Waals surface area contributed by atoms with E-state index in [0.29, 0.717) is 30.3 Å². The summed E-state index contributed by atoms with van der Waals surface area (Å²) < 4.78 is 11.5. The number of para-hydroxylation sites is 1. The van der Waals surface area contributed by atoms with Gasteiger partial charge in [0, 0.05) is 11.6 Å². The van der Waals surface area contributed by atoms with Gasteiger partial charge in [0.25, 0.3) is 5.91 Å². The molecule has 0 aliphatic rings. The molecule has 0 radical (unpaired) electrons. The Morgan fingerprint density at radius 1 is 1.15 bits per heavy atom. The SMILES string of the molecule is CCCOc1ccccc1CCCNC(=O)C(CC)Oc1cccc(Cl)c1. The summed E-state index contributed by atoms with van der Waals surface area (Å²) in [6.45, 7) is 5.33. The Hall–Kier alpha value is -2.20. The van der Waals surface area contributed by atoms with Crippen LogP contribution >= 0.6 is 11.6 Å². The van der Waals surface area contributed by atoms with Gasteiger partial charge < -0.3 is 14.8 Å². The van der Waals surface area contributed by atoms with Gasteiger partial charge in [-0.3, -0.25) is 4.79 Å². The van der Waals surface area contributed by atoms with Crippen molar-refractivity contribution in [2.24, 2.45) is 0 Å². The highest BCUT2D eigenvalue weighted by molar-refractivity contribution is 6.30. The molecule has 0 bridgehead atoms. The van der Waals surface area contributed by atoms with Crippen molar-refractivity contribution in [2.75, 3.05) is 13.2 Å². The third-order valence-electron chi connectivity index (χ3n) is 4.09. The fraction of sp³-hybridized carbons (Fsp3) is 0.409. The smallest absolute Gasteiger partial charge is 0.261 e. The summed E-state index contributed by atoms with van der Waals surface area (Å²) in [5.74, 6) is 1.43. The molecule has 0 saturated carbocycles. The van der Waals surface area contributed by atoms with Crippen LogP contribution in [-0.4, -0.2) is 25.2 Å². The minimum Gasteiger partial charge on any atom is -0.493 e. The number of carbonyl (C=O) groups excluding carboxylic acids is 1. The number of aryl methyl sites for hydroxylation is 1. The third kappa shape index (κ3) is 7.14. The van der Waals surface area contributed by atoms with E-state index in [1.807, 2.05) is 25.1 Å². The summed E-state index contributed by atoms with van der Waals surface area (Å²) >= 11 is 5.97. The number of nitrogens with one attached hydrogen (secondary N) is 1. The predicted molar refractivity (Wildman–Crippen MR) is 110 cm³/mol. The number of carbonyl (C=O) groups is 1. The van der Waals surface area contributed by atoms with E-state index >= 15 is 0 Å². The van der Waals surface area contributed by atoms with Crippen molar-refractivity contribution in [3.63, 3.8) is 0 Å². The van der Waals surface area contributed by atoms with Gasteiger partial charge in [-0.15, -0.1) is 0 Å². The molecule has 1 amide bonds. The monoisotopic (exact) mass is 389 g/mol. The average Bonchev–Trinajstić information content (AvgIpc) is 2.68. The average molecular weight is 390 g/mol. The zero-order valence-corrected chi connectivity index (χ0v) is 16.8. The molecule has 0 fully saturated rings. The molecule has 0 heterocycles. The van der Waals surface area contributed by atoms with Crippen LogP contribution in [0.25, 0.3) is 0 Å². The summed E-state index contributed by atoms with van der Waals surface area (Å²) in [5.41, 5.74) is 1.17. The molecule has 5 heteroatoms. The minimum absolute atomic E-state index is 0.104. The molecule has 1 atom stereocenters. The van der Waals surface area contributed by atoms with Gasteiger partial charge in [-0.2, -0.15) is 0 Å². The molecule has 2 aromatic rings. The van der Waals surface area contributed by atoms with Gasteiger partial charge in [0.05, 0.1) is 6.61 Å². The largest absolute Gasteiger partial charge is 0.493 e. The summed E-state index contributed by atoms with van der Waals surface area (Å²) in [4.78, 5) is 12.4. The number of benzene rings is 2. The van der Waals surface area contributed by atoms with E-state index in [0.717, 1.165) is 25.0 Å². The highest BCUT2D eigenvalue weighted by Gasteiger charge is 2.18. The van der Waals surface area contributed by atoms with Gasteiger partial charge >= 0.3 is 0 Å². The molecular formula is C22H28ClNO3. The first-order chi connectivity index (χ1) is 13.1. The Kier molecular flexibility index (Phi) is 8.99. The first-order valence-corrected chi connectivity index (χ1v) is 9.92. The number of hydrogen-bond donors (Lipinski definition) is 1. The molecule has 2 rings (SSSR count). The van der Waals surface area contributed by atoms with Crippen molar-refractivity contribution < 1.29 is 14.3 Å². The molecule has 146 valence electrons. The maximum Gasteiger partial charge on any atom is 0.261 e. The topological polar surface area (TPSA) is 47.6 Å². The second-order valence-corrected chi connectivity index (χ2v) is 6.76. The Morgan fingerprint density at radius 3 is 2.70 bits per heavy atom. The molecule has 1 N–H and O–H groups in total. The summed E-state index contributed by atoms with van der Waals surface area (Å²) in [6.07, 6.45) is 2.74. The highest BCUT2D eigenvalue weighted by Crippen LogP contribution is 2.20. The maximum atomic E-state index is 12.4. The predicted octanol–water partition coefficient (Wildman–Crippen LogP) is 5.04. The maximum absolute atomic E-state index is 12.4. The lowest BCUT2D eigenvalue weighted by molar-refractivity contribution is -0.128. The van der Waals surface area contributed by atoms with E-state index in [1.165, 1.54) is 5.56 Å².